The predicted molar refractivity (Wildman–Crippen MR) is 87.6 cm³/mol. The molecule has 0 saturated carbocycles. The third-order valence-corrected chi connectivity index (χ3v) is 3.88. The van der Waals surface area contributed by atoms with E-state index in [9.17, 15) is 9.18 Å². The number of carbonyl (C=O) groups excluding carboxylic acids is 1. The van der Waals surface area contributed by atoms with Gasteiger partial charge in [-0.2, -0.15) is 0 Å². The minimum atomic E-state index is -0.456. The van der Waals surface area contributed by atoms with Crippen LogP contribution < -0.4 is 5.32 Å². The molecule has 1 amide bonds. The van der Waals surface area contributed by atoms with Crippen molar-refractivity contribution < 1.29 is 9.18 Å². The van der Waals surface area contributed by atoms with Crippen LogP contribution in [0, 0.1) is 19.7 Å². The SMILES string of the molecule is Cc1ccc(C)c(C(C)NC(=O)Cc2ccc(Cl)cc2F)c1. The summed E-state index contributed by atoms with van der Waals surface area (Å²) in [6.07, 6.45) is -0.00178. The van der Waals surface area contributed by atoms with Gasteiger partial charge in [0.05, 0.1) is 12.5 Å². The molecular formula is C18H19ClFNO. The lowest BCUT2D eigenvalue weighted by molar-refractivity contribution is -0.121. The summed E-state index contributed by atoms with van der Waals surface area (Å²) in [5.74, 6) is -0.670. The number of aryl methyl sites for hydroxylation is 2. The minimum Gasteiger partial charge on any atom is -0.349 e. The molecule has 1 N–H and O–H groups in total. The third kappa shape index (κ3) is 4.08. The molecule has 1 atom stereocenters. The van der Waals surface area contributed by atoms with Gasteiger partial charge in [0.15, 0.2) is 0 Å². The maximum absolute atomic E-state index is 13.7. The number of amides is 1. The van der Waals surface area contributed by atoms with Crippen molar-refractivity contribution >= 4 is 17.5 Å². The molecule has 2 aromatic rings. The first-order chi connectivity index (χ1) is 10.4. The number of nitrogens with one attached hydrogen (secondary N) is 1. The van der Waals surface area contributed by atoms with Gasteiger partial charge in [-0.25, -0.2) is 4.39 Å². The molecule has 2 rings (SSSR count). The van der Waals surface area contributed by atoms with E-state index in [-0.39, 0.29) is 18.4 Å². The zero-order valence-corrected chi connectivity index (χ0v) is 13.7. The third-order valence-electron chi connectivity index (χ3n) is 3.64. The van der Waals surface area contributed by atoms with Crippen LogP contribution in [-0.2, 0) is 11.2 Å². The van der Waals surface area contributed by atoms with Crippen LogP contribution in [0.2, 0.25) is 5.02 Å². The summed E-state index contributed by atoms with van der Waals surface area (Å²) in [5.41, 5.74) is 3.68. The van der Waals surface area contributed by atoms with Gasteiger partial charge in [-0.3, -0.25) is 4.79 Å². The standard InChI is InChI=1S/C18H19ClFNO/c1-11-4-5-12(2)16(8-11)13(3)21-18(22)9-14-6-7-15(19)10-17(14)20/h4-8,10,13H,9H2,1-3H3,(H,21,22). The lowest BCUT2D eigenvalue weighted by Crippen LogP contribution is -2.28. The Bertz CT molecular complexity index is 699. The van der Waals surface area contributed by atoms with E-state index < -0.39 is 5.82 Å². The van der Waals surface area contributed by atoms with Crippen molar-refractivity contribution in [1.82, 2.24) is 5.32 Å². The van der Waals surface area contributed by atoms with Gasteiger partial charge in [-0.15, -0.1) is 0 Å². The van der Waals surface area contributed by atoms with E-state index in [4.69, 9.17) is 11.6 Å². The Morgan fingerprint density at radius 2 is 1.95 bits per heavy atom. The van der Waals surface area contributed by atoms with Crippen molar-refractivity contribution in [2.24, 2.45) is 0 Å². The Balaban J connectivity index is 2.06. The van der Waals surface area contributed by atoms with E-state index >= 15 is 0 Å². The van der Waals surface area contributed by atoms with Crippen molar-refractivity contribution in [1.29, 1.82) is 0 Å². The van der Waals surface area contributed by atoms with Crippen LogP contribution in [0.1, 0.15) is 35.2 Å². The monoisotopic (exact) mass is 319 g/mol. The first-order valence-electron chi connectivity index (χ1n) is 7.17. The van der Waals surface area contributed by atoms with Crippen molar-refractivity contribution in [3.63, 3.8) is 0 Å². The molecule has 0 saturated heterocycles. The number of hydrogen-bond acceptors (Lipinski definition) is 1. The van der Waals surface area contributed by atoms with Crippen molar-refractivity contribution in [3.05, 3.63) is 69.5 Å². The first kappa shape index (κ1) is 16.5. The number of hydrogen-bond donors (Lipinski definition) is 1. The Morgan fingerprint density at radius 3 is 2.64 bits per heavy atom. The van der Waals surface area contributed by atoms with Gasteiger partial charge in [0, 0.05) is 5.02 Å². The second-order valence-corrected chi connectivity index (χ2v) is 6.00. The molecule has 0 aliphatic heterocycles. The fraction of sp³-hybridized carbons (Fsp3) is 0.278. The minimum absolute atomic E-state index is 0.00178. The number of halogens is 2. The summed E-state index contributed by atoms with van der Waals surface area (Å²) in [5, 5.41) is 3.24. The zero-order chi connectivity index (χ0) is 16.3. The van der Waals surface area contributed by atoms with Crippen LogP contribution in [0.15, 0.2) is 36.4 Å². The average molecular weight is 320 g/mol. The molecule has 2 nitrogen and oxygen atoms in total. The maximum atomic E-state index is 13.7. The topological polar surface area (TPSA) is 29.1 Å². The summed E-state index contributed by atoms with van der Waals surface area (Å²) in [7, 11) is 0. The van der Waals surface area contributed by atoms with Gasteiger partial charge < -0.3 is 5.32 Å². The molecule has 116 valence electrons. The summed E-state index contributed by atoms with van der Waals surface area (Å²) in [4.78, 5) is 12.1. The van der Waals surface area contributed by atoms with E-state index in [2.05, 4.69) is 11.4 Å². The molecule has 2 aromatic carbocycles. The van der Waals surface area contributed by atoms with E-state index in [0.717, 1.165) is 16.7 Å². The molecule has 22 heavy (non-hydrogen) atoms. The van der Waals surface area contributed by atoms with Crippen LogP contribution >= 0.6 is 11.6 Å². The quantitative estimate of drug-likeness (QED) is 0.882. The van der Waals surface area contributed by atoms with Crippen molar-refractivity contribution in [2.45, 2.75) is 33.2 Å². The largest absolute Gasteiger partial charge is 0.349 e. The van der Waals surface area contributed by atoms with Gasteiger partial charge in [0.25, 0.3) is 0 Å². The van der Waals surface area contributed by atoms with Crippen LogP contribution in [0.25, 0.3) is 0 Å². The van der Waals surface area contributed by atoms with Crippen molar-refractivity contribution in [3.8, 4) is 0 Å². The van der Waals surface area contributed by atoms with Crippen LogP contribution in [-0.4, -0.2) is 5.91 Å². The van der Waals surface area contributed by atoms with E-state index in [1.54, 1.807) is 12.1 Å². The van der Waals surface area contributed by atoms with Crippen LogP contribution in [0.4, 0.5) is 4.39 Å². The Morgan fingerprint density at radius 1 is 1.23 bits per heavy atom. The van der Waals surface area contributed by atoms with Gasteiger partial charge in [-0.1, -0.05) is 41.4 Å². The summed E-state index contributed by atoms with van der Waals surface area (Å²) in [6, 6.07) is 10.4. The molecule has 0 radical (unpaired) electrons. The smallest absolute Gasteiger partial charge is 0.225 e. The van der Waals surface area contributed by atoms with Gasteiger partial charge in [0.1, 0.15) is 5.82 Å². The zero-order valence-electron chi connectivity index (χ0n) is 12.9. The average Bonchev–Trinajstić information content (AvgIpc) is 2.44. The first-order valence-corrected chi connectivity index (χ1v) is 7.55. The molecule has 0 aliphatic rings. The van der Waals surface area contributed by atoms with Crippen LogP contribution in [0.5, 0.6) is 0 Å². The normalized spacial score (nSPS) is 12.0. The molecule has 1 unspecified atom stereocenters. The highest BCUT2D eigenvalue weighted by atomic mass is 35.5. The lowest BCUT2D eigenvalue weighted by Gasteiger charge is -2.17. The summed E-state index contributed by atoms with van der Waals surface area (Å²) >= 11 is 5.71. The summed E-state index contributed by atoms with van der Waals surface area (Å²) in [6.45, 7) is 5.95. The highest BCUT2D eigenvalue weighted by molar-refractivity contribution is 6.30. The van der Waals surface area contributed by atoms with E-state index in [1.807, 2.05) is 32.9 Å². The fourth-order valence-corrected chi connectivity index (χ4v) is 2.59. The molecule has 0 spiro atoms. The predicted octanol–water partition coefficient (Wildman–Crippen LogP) is 4.52. The molecule has 0 aliphatic carbocycles. The van der Waals surface area contributed by atoms with Crippen LogP contribution in [0.3, 0.4) is 0 Å². The van der Waals surface area contributed by atoms with Gasteiger partial charge >= 0.3 is 0 Å². The van der Waals surface area contributed by atoms with Gasteiger partial charge in [-0.05, 0) is 49.6 Å². The molecule has 0 bridgehead atoms. The highest BCUT2D eigenvalue weighted by Gasteiger charge is 2.14. The number of carbonyl (C=O) groups is 1. The van der Waals surface area contributed by atoms with E-state index in [0.29, 0.717) is 10.6 Å². The summed E-state index contributed by atoms with van der Waals surface area (Å²) < 4.78 is 13.7. The molecule has 0 heterocycles. The molecule has 0 aromatic heterocycles. The molecular weight excluding hydrogens is 301 g/mol. The van der Waals surface area contributed by atoms with E-state index in [1.165, 1.54) is 6.07 Å². The Hall–Kier alpha value is -1.87. The Kier molecular flexibility index (Phi) is 5.19. The lowest BCUT2D eigenvalue weighted by atomic mass is 9.99. The highest BCUT2D eigenvalue weighted by Crippen LogP contribution is 2.20. The fourth-order valence-electron chi connectivity index (χ4n) is 2.43. The van der Waals surface area contributed by atoms with Gasteiger partial charge in [0.2, 0.25) is 5.91 Å². The Labute approximate surface area is 135 Å². The second kappa shape index (κ2) is 6.93. The molecule has 0 fully saturated rings. The second-order valence-electron chi connectivity index (χ2n) is 5.56. The number of benzene rings is 2. The molecule has 4 heteroatoms. The number of rotatable bonds is 4. The maximum Gasteiger partial charge on any atom is 0.225 e. The van der Waals surface area contributed by atoms with Crippen molar-refractivity contribution in [2.75, 3.05) is 0 Å².